The quantitative estimate of drug-likeness (QED) is 0.794. The fourth-order valence-electron chi connectivity index (χ4n) is 3.28. The van der Waals surface area contributed by atoms with Crippen molar-refractivity contribution < 1.29 is 14.7 Å². The van der Waals surface area contributed by atoms with E-state index in [1.54, 1.807) is 0 Å². The van der Waals surface area contributed by atoms with E-state index < -0.39 is 11.4 Å². The summed E-state index contributed by atoms with van der Waals surface area (Å²) in [7, 11) is 0. The van der Waals surface area contributed by atoms with Gasteiger partial charge in [-0.25, -0.2) is 0 Å². The van der Waals surface area contributed by atoms with Crippen LogP contribution in [0.25, 0.3) is 0 Å². The third-order valence-electron chi connectivity index (χ3n) is 4.57. The van der Waals surface area contributed by atoms with E-state index in [2.05, 4.69) is 12.2 Å². The largest absolute Gasteiger partial charge is 0.481 e. The summed E-state index contributed by atoms with van der Waals surface area (Å²) in [5.74, 6) is -0.382. The maximum atomic E-state index is 12.3. The highest BCUT2D eigenvalue weighted by Crippen LogP contribution is 2.37. The van der Waals surface area contributed by atoms with Crippen molar-refractivity contribution in [2.45, 2.75) is 45.4 Å². The summed E-state index contributed by atoms with van der Waals surface area (Å²) < 4.78 is 0. The van der Waals surface area contributed by atoms with Gasteiger partial charge in [-0.2, -0.15) is 0 Å². The molecule has 0 unspecified atom stereocenters. The molecular weight excluding hydrogens is 242 g/mol. The van der Waals surface area contributed by atoms with Crippen LogP contribution in [-0.4, -0.2) is 35.0 Å². The topological polar surface area (TPSA) is 57.6 Å². The third kappa shape index (κ3) is 2.82. The fraction of sp³-hybridized carbons (Fsp3) is 0.733. The number of carbonyl (C=O) groups excluding carboxylic acids is 1. The number of nitrogens with zero attached hydrogens (tertiary/aromatic N) is 1. The van der Waals surface area contributed by atoms with Gasteiger partial charge in [0.1, 0.15) is 0 Å². The number of carboxylic acid groups (broad SMARTS) is 1. The number of aliphatic carboxylic acids is 1. The molecule has 0 aromatic rings. The molecule has 1 amide bonds. The maximum Gasteiger partial charge on any atom is 0.309 e. The van der Waals surface area contributed by atoms with E-state index in [0.717, 1.165) is 25.7 Å². The van der Waals surface area contributed by atoms with Gasteiger partial charge in [-0.3, -0.25) is 9.59 Å². The van der Waals surface area contributed by atoms with E-state index in [1.807, 2.05) is 11.8 Å². The molecule has 1 aliphatic carbocycles. The highest BCUT2D eigenvalue weighted by molar-refractivity contribution is 5.80. The molecule has 1 saturated heterocycles. The lowest BCUT2D eigenvalue weighted by Crippen LogP contribution is -2.48. The Labute approximate surface area is 114 Å². The first-order chi connectivity index (χ1) is 9.09. The van der Waals surface area contributed by atoms with Crippen molar-refractivity contribution in [3.63, 3.8) is 0 Å². The summed E-state index contributed by atoms with van der Waals surface area (Å²) in [6.45, 7) is 3.22. The Kier molecular flexibility index (Phi) is 4.27. The van der Waals surface area contributed by atoms with Crippen LogP contribution in [0.15, 0.2) is 12.2 Å². The van der Waals surface area contributed by atoms with Gasteiger partial charge in [0.25, 0.3) is 0 Å². The number of carboxylic acids is 1. The lowest BCUT2D eigenvalue weighted by atomic mass is 9.75. The molecule has 2 aliphatic rings. The summed E-state index contributed by atoms with van der Waals surface area (Å²) in [4.78, 5) is 25.6. The van der Waals surface area contributed by atoms with Crippen molar-refractivity contribution in [1.29, 1.82) is 0 Å². The molecule has 0 aromatic carbocycles. The summed E-state index contributed by atoms with van der Waals surface area (Å²) in [6.07, 6.45) is 8.60. The zero-order valence-electron chi connectivity index (χ0n) is 11.6. The van der Waals surface area contributed by atoms with Crippen molar-refractivity contribution in [1.82, 2.24) is 4.90 Å². The monoisotopic (exact) mass is 265 g/mol. The van der Waals surface area contributed by atoms with Gasteiger partial charge >= 0.3 is 5.97 Å². The maximum absolute atomic E-state index is 12.3. The second-order valence-corrected chi connectivity index (χ2v) is 5.80. The van der Waals surface area contributed by atoms with Crippen LogP contribution in [0.2, 0.25) is 0 Å². The first-order valence-electron chi connectivity index (χ1n) is 7.26. The second kappa shape index (κ2) is 5.76. The molecule has 1 N–H and O–H groups in total. The minimum absolute atomic E-state index is 0.100. The molecule has 0 atom stereocenters. The van der Waals surface area contributed by atoms with Crippen molar-refractivity contribution in [2.75, 3.05) is 13.1 Å². The Morgan fingerprint density at radius 1 is 1.26 bits per heavy atom. The van der Waals surface area contributed by atoms with E-state index in [9.17, 15) is 14.7 Å². The van der Waals surface area contributed by atoms with Gasteiger partial charge in [-0.1, -0.05) is 25.5 Å². The molecule has 19 heavy (non-hydrogen) atoms. The molecule has 0 aromatic heterocycles. The number of carbonyl (C=O) groups is 2. The van der Waals surface area contributed by atoms with Crippen LogP contribution in [0.3, 0.4) is 0 Å². The van der Waals surface area contributed by atoms with Crippen molar-refractivity contribution >= 4 is 11.9 Å². The third-order valence-corrected chi connectivity index (χ3v) is 4.57. The highest BCUT2D eigenvalue weighted by atomic mass is 16.4. The predicted molar refractivity (Wildman–Crippen MR) is 72.7 cm³/mol. The summed E-state index contributed by atoms with van der Waals surface area (Å²) in [5, 5.41) is 9.44. The molecule has 1 heterocycles. The van der Waals surface area contributed by atoms with Crippen molar-refractivity contribution in [2.24, 2.45) is 11.3 Å². The Balaban J connectivity index is 1.94. The SMILES string of the molecule is CCCC1(C(=O)O)CCN(C(=O)C2CC=CC2)CC1. The molecule has 106 valence electrons. The van der Waals surface area contributed by atoms with Crippen LogP contribution in [0.4, 0.5) is 0 Å². The van der Waals surface area contributed by atoms with Gasteiger partial charge in [-0.15, -0.1) is 0 Å². The number of likely N-dealkylation sites (tertiary alicyclic amines) is 1. The molecule has 0 bridgehead atoms. The zero-order chi connectivity index (χ0) is 13.9. The molecule has 0 spiro atoms. The lowest BCUT2D eigenvalue weighted by molar-refractivity contribution is -0.155. The minimum Gasteiger partial charge on any atom is -0.481 e. The van der Waals surface area contributed by atoms with Crippen LogP contribution in [0.1, 0.15) is 45.4 Å². The highest BCUT2D eigenvalue weighted by Gasteiger charge is 2.42. The van der Waals surface area contributed by atoms with Gasteiger partial charge in [-0.05, 0) is 32.1 Å². The molecule has 0 radical (unpaired) electrons. The van der Waals surface area contributed by atoms with Gasteiger partial charge in [0.05, 0.1) is 5.41 Å². The van der Waals surface area contributed by atoms with Crippen LogP contribution >= 0.6 is 0 Å². The Hall–Kier alpha value is -1.32. The van der Waals surface area contributed by atoms with E-state index >= 15 is 0 Å². The van der Waals surface area contributed by atoms with Crippen LogP contribution < -0.4 is 0 Å². The first kappa shape index (κ1) is 14.1. The number of hydrogen-bond donors (Lipinski definition) is 1. The smallest absolute Gasteiger partial charge is 0.309 e. The average molecular weight is 265 g/mol. The van der Waals surface area contributed by atoms with Gasteiger partial charge < -0.3 is 10.0 Å². The predicted octanol–water partition coefficient (Wildman–Crippen LogP) is 2.45. The lowest BCUT2D eigenvalue weighted by Gasteiger charge is -2.39. The Morgan fingerprint density at radius 2 is 1.84 bits per heavy atom. The van der Waals surface area contributed by atoms with Crippen LogP contribution in [-0.2, 0) is 9.59 Å². The molecule has 2 rings (SSSR count). The van der Waals surface area contributed by atoms with Gasteiger partial charge in [0, 0.05) is 19.0 Å². The van der Waals surface area contributed by atoms with Crippen molar-refractivity contribution in [3.05, 3.63) is 12.2 Å². The average Bonchev–Trinajstić information content (AvgIpc) is 2.93. The number of piperidine rings is 1. The van der Waals surface area contributed by atoms with Crippen LogP contribution in [0.5, 0.6) is 0 Å². The number of amides is 1. The summed E-state index contributed by atoms with van der Waals surface area (Å²) in [5.41, 5.74) is -0.598. The molecule has 1 aliphatic heterocycles. The van der Waals surface area contributed by atoms with E-state index in [4.69, 9.17) is 0 Å². The minimum atomic E-state index is -0.691. The summed E-state index contributed by atoms with van der Waals surface area (Å²) >= 11 is 0. The Morgan fingerprint density at radius 3 is 2.32 bits per heavy atom. The molecular formula is C15H23NO3. The number of allylic oxidation sites excluding steroid dienone is 2. The first-order valence-corrected chi connectivity index (χ1v) is 7.26. The molecule has 4 heteroatoms. The Bertz CT molecular complexity index is 373. The standard InChI is InChI=1S/C15H23NO3/c1-2-7-15(14(18)19)8-10-16(11-9-15)13(17)12-5-3-4-6-12/h3-4,12H,2,5-11H2,1H3,(H,18,19). The zero-order valence-corrected chi connectivity index (χ0v) is 11.6. The van der Waals surface area contributed by atoms with Crippen LogP contribution in [0, 0.1) is 11.3 Å². The summed E-state index contributed by atoms with van der Waals surface area (Å²) in [6, 6.07) is 0. The number of rotatable bonds is 4. The van der Waals surface area contributed by atoms with Crippen molar-refractivity contribution in [3.8, 4) is 0 Å². The second-order valence-electron chi connectivity index (χ2n) is 5.80. The fourth-order valence-corrected chi connectivity index (χ4v) is 3.28. The molecule has 4 nitrogen and oxygen atoms in total. The van der Waals surface area contributed by atoms with E-state index in [-0.39, 0.29) is 11.8 Å². The van der Waals surface area contributed by atoms with E-state index in [0.29, 0.717) is 25.9 Å². The molecule has 1 fully saturated rings. The normalized spacial score (nSPS) is 22.7. The number of hydrogen-bond acceptors (Lipinski definition) is 2. The van der Waals surface area contributed by atoms with E-state index in [1.165, 1.54) is 0 Å². The van der Waals surface area contributed by atoms with Gasteiger partial charge in [0.2, 0.25) is 5.91 Å². The molecule has 0 saturated carbocycles. The van der Waals surface area contributed by atoms with Gasteiger partial charge in [0.15, 0.2) is 0 Å².